The first-order chi connectivity index (χ1) is 13.1. The van der Waals surface area contributed by atoms with E-state index in [1.807, 2.05) is 13.0 Å². The van der Waals surface area contributed by atoms with E-state index in [4.69, 9.17) is 9.47 Å². The summed E-state index contributed by atoms with van der Waals surface area (Å²) in [5.41, 5.74) is 2.22. The van der Waals surface area contributed by atoms with Crippen molar-refractivity contribution in [2.45, 2.75) is 39.2 Å². The zero-order valence-corrected chi connectivity index (χ0v) is 19.7. The Balaban J connectivity index is 0.00000729. The van der Waals surface area contributed by atoms with Crippen LogP contribution < -0.4 is 15.4 Å². The summed E-state index contributed by atoms with van der Waals surface area (Å²) in [7, 11) is 4.83. The zero-order valence-electron chi connectivity index (χ0n) is 17.4. The van der Waals surface area contributed by atoms with Gasteiger partial charge < -0.3 is 24.8 Å². The van der Waals surface area contributed by atoms with Crippen LogP contribution in [0.2, 0.25) is 0 Å². The number of ether oxygens (including phenoxy) is 3. The van der Waals surface area contributed by atoms with Crippen LogP contribution in [0.15, 0.2) is 23.2 Å². The molecule has 0 amide bonds. The lowest BCUT2D eigenvalue weighted by Gasteiger charge is -2.15. The van der Waals surface area contributed by atoms with Gasteiger partial charge in [0.15, 0.2) is 5.96 Å². The second kappa shape index (κ2) is 16.4. The van der Waals surface area contributed by atoms with Crippen LogP contribution in [0.1, 0.15) is 36.8 Å². The maximum absolute atomic E-state index is 11.1. The lowest BCUT2D eigenvalue weighted by Crippen LogP contribution is -2.37. The van der Waals surface area contributed by atoms with Crippen LogP contribution in [0.3, 0.4) is 0 Å². The largest absolute Gasteiger partial charge is 0.491 e. The van der Waals surface area contributed by atoms with Crippen LogP contribution in [-0.2, 0) is 20.8 Å². The van der Waals surface area contributed by atoms with Crippen LogP contribution in [0.4, 0.5) is 0 Å². The Morgan fingerprint density at radius 1 is 1.11 bits per heavy atom. The lowest BCUT2D eigenvalue weighted by molar-refractivity contribution is -0.140. The van der Waals surface area contributed by atoms with Crippen molar-refractivity contribution in [3.05, 3.63) is 29.3 Å². The molecule has 0 radical (unpaired) electrons. The van der Waals surface area contributed by atoms with Gasteiger partial charge in [-0.15, -0.1) is 24.0 Å². The van der Waals surface area contributed by atoms with Crippen LogP contribution in [0.25, 0.3) is 0 Å². The van der Waals surface area contributed by atoms with Crippen LogP contribution in [0.5, 0.6) is 5.75 Å². The molecule has 1 aromatic carbocycles. The molecule has 1 aromatic rings. The fourth-order valence-electron chi connectivity index (χ4n) is 2.46. The number of methoxy groups -OCH3 is 2. The van der Waals surface area contributed by atoms with Gasteiger partial charge in [0.2, 0.25) is 0 Å². The number of hydrogen-bond acceptors (Lipinski definition) is 5. The van der Waals surface area contributed by atoms with Gasteiger partial charge in [0.25, 0.3) is 0 Å². The van der Waals surface area contributed by atoms with E-state index in [2.05, 4.69) is 32.5 Å². The number of nitrogens with one attached hydrogen (secondary N) is 2. The normalized spacial score (nSPS) is 10.8. The Morgan fingerprint density at radius 2 is 1.89 bits per heavy atom. The van der Waals surface area contributed by atoms with Crippen molar-refractivity contribution in [3.8, 4) is 5.75 Å². The molecule has 1 rings (SSSR count). The molecule has 8 heteroatoms. The molecule has 2 N–H and O–H groups in total. The van der Waals surface area contributed by atoms with E-state index in [1.165, 1.54) is 7.11 Å². The predicted octanol–water partition coefficient (Wildman–Crippen LogP) is 3.04. The summed E-state index contributed by atoms with van der Waals surface area (Å²) < 4.78 is 15.5. The molecule has 160 valence electrons. The van der Waals surface area contributed by atoms with Gasteiger partial charge in [0.05, 0.1) is 13.7 Å². The molecule has 0 heterocycles. The molecule has 0 bridgehead atoms. The molecule has 0 saturated heterocycles. The number of carbonyl (C=O) groups is 1. The molecular weight excluding hydrogens is 473 g/mol. The van der Waals surface area contributed by atoms with Gasteiger partial charge in [-0.25, -0.2) is 0 Å². The molecule has 0 aliphatic heterocycles. The van der Waals surface area contributed by atoms with E-state index in [0.29, 0.717) is 26.2 Å². The monoisotopic (exact) mass is 507 g/mol. The number of guanidine groups is 1. The maximum Gasteiger partial charge on any atom is 0.305 e. The molecule has 0 aromatic heterocycles. The first-order valence-electron chi connectivity index (χ1n) is 9.33. The molecule has 0 atom stereocenters. The molecule has 0 aliphatic carbocycles. The van der Waals surface area contributed by atoms with Crippen molar-refractivity contribution in [2.75, 3.05) is 41.0 Å². The highest BCUT2D eigenvalue weighted by atomic mass is 127. The van der Waals surface area contributed by atoms with Gasteiger partial charge in [0, 0.05) is 39.2 Å². The van der Waals surface area contributed by atoms with Crippen molar-refractivity contribution < 1.29 is 19.0 Å². The molecule has 0 aliphatic rings. The quantitative estimate of drug-likeness (QED) is 0.149. The third kappa shape index (κ3) is 11.3. The minimum Gasteiger partial charge on any atom is -0.491 e. The summed E-state index contributed by atoms with van der Waals surface area (Å²) in [4.78, 5) is 15.3. The van der Waals surface area contributed by atoms with Crippen molar-refractivity contribution in [1.29, 1.82) is 0 Å². The van der Waals surface area contributed by atoms with Gasteiger partial charge >= 0.3 is 5.97 Å². The topological polar surface area (TPSA) is 81.2 Å². The van der Waals surface area contributed by atoms with E-state index >= 15 is 0 Å². The highest BCUT2D eigenvalue weighted by molar-refractivity contribution is 14.0. The van der Waals surface area contributed by atoms with Gasteiger partial charge in [-0.05, 0) is 31.4 Å². The van der Waals surface area contributed by atoms with Gasteiger partial charge in [-0.1, -0.05) is 18.6 Å². The third-order valence-electron chi connectivity index (χ3n) is 4.02. The number of hydrogen-bond donors (Lipinski definition) is 2. The second-order valence-electron chi connectivity index (χ2n) is 6.19. The van der Waals surface area contributed by atoms with Gasteiger partial charge in [0.1, 0.15) is 12.4 Å². The van der Waals surface area contributed by atoms with Crippen LogP contribution >= 0.6 is 24.0 Å². The summed E-state index contributed by atoms with van der Waals surface area (Å²) in [6.07, 6.45) is 3.25. The summed E-state index contributed by atoms with van der Waals surface area (Å²) in [5.74, 6) is 1.45. The Kier molecular flexibility index (Phi) is 15.5. The minimum absolute atomic E-state index is 0. The Labute approximate surface area is 185 Å². The number of benzene rings is 1. The minimum atomic E-state index is -0.151. The summed E-state index contributed by atoms with van der Waals surface area (Å²) in [6.45, 7) is 4.53. The zero-order chi connectivity index (χ0) is 19.9. The van der Waals surface area contributed by atoms with Gasteiger partial charge in [-0.3, -0.25) is 9.79 Å². The van der Waals surface area contributed by atoms with Gasteiger partial charge in [-0.2, -0.15) is 0 Å². The van der Waals surface area contributed by atoms with E-state index in [9.17, 15) is 4.79 Å². The SMILES string of the molecule is CN=C(NCCCCCC(=O)OC)NCc1ccc(C)cc1OCCOC.I. The molecule has 0 spiro atoms. The summed E-state index contributed by atoms with van der Waals surface area (Å²) >= 11 is 0. The van der Waals surface area contributed by atoms with E-state index in [-0.39, 0.29) is 29.9 Å². The van der Waals surface area contributed by atoms with Crippen molar-refractivity contribution in [2.24, 2.45) is 4.99 Å². The highest BCUT2D eigenvalue weighted by Crippen LogP contribution is 2.20. The molecule has 28 heavy (non-hydrogen) atoms. The Bertz CT molecular complexity index is 597. The number of aliphatic imine (C=N–C) groups is 1. The van der Waals surface area contributed by atoms with Crippen LogP contribution in [-0.4, -0.2) is 53.0 Å². The van der Waals surface area contributed by atoms with Crippen molar-refractivity contribution in [3.63, 3.8) is 0 Å². The number of carbonyl (C=O) groups excluding carboxylic acids is 1. The lowest BCUT2D eigenvalue weighted by atomic mass is 10.1. The molecular formula is C20H34IN3O4. The molecule has 0 unspecified atom stereocenters. The fraction of sp³-hybridized carbons (Fsp3) is 0.600. The Morgan fingerprint density at radius 3 is 2.57 bits per heavy atom. The number of nitrogens with zero attached hydrogens (tertiary/aromatic N) is 1. The number of unbranched alkanes of at least 4 members (excludes halogenated alkanes) is 2. The van der Waals surface area contributed by atoms with E-state index < -0.39 is 0 Å². The number of rotatable bonds is 12. The summed E-state index contributed by atoms with van der Waals surface area (Å²) in [5, 5.41) is 6.59. The average molecular weight is 507 g/mol. The third-order valence-corrected chi connectivity index (χ3v) is 4.02. The number of aryl methyl sites for hydroxylation is 1. The molecule has 0 fully saturated rings. The predicted molar refractivity (Wildman–Crippen MR) is 123 cm³/mol. The van der Waals surface area contributed by atoms with Crippen molar-refractivity contribution >= 4 is 35.9 Å². The van der Waals surface area contributed by atoms with Crippen molar-refractivity contribution in [1.82, 2.24) is 10.6 Å². The average Bonchev–Trinajstić information content (AvgIpc) is 2.67. The second-order valence-corrected chi connectivity index (χ2v) is 6.19. The number of esters is 1. The standard InChI is InChI=1S/C20H33N3O4.HI/c1-16-9-10-17(18(14-16)27-13-12-25-3)15-23-20(21-2)22-11-7-5-6-8-19(24)26-4;/h9-10,14H,5-8,11-13,15H2,1-4H3,(H2,21,22,23);1H. The van der Waals surface area contributed by atoms with E-state index in [0.717, 1.165) is 48.6 Å². The van der Waals surface area contributed by atoms with E-state index in [1.54, 1.807) is 14.2 Å². The molecule has 0 saturated carbocycles. The van der Waals surface area contributed by atoms with Crippen LogP contribution in [0, 0.1) is 6.92 Å². The first-order valence-corrected chi connectivity index (χ1v) is 9.33. The number of halogens is 1. The summed E-state index contributed by atoms with van der Waals surface area (Å²) in [6, 6.07) is 6.16. The Hall–Kier alpha value is -1.55. The molecule has 7 nitrogen and oxygen atoms in total. The first kappa shape index (κ1) is 26.4. The highest BCUT2D eigenvalue weighted by Gasteiger charge is 2.06. The smallest absolute Gasteiger partial charge is 0.305 e. The fourth-order valence-corrected chi connectivity index (χ4v) is 2.46. The maximum atomic E-state index is 11.1.